The SMILES string of the molecule is NC1CCC(Nc2ncc(-c3ccccn3)cn2)CC1. The van der Waals surface area contributed by atoms with Gasteiger partial charge in [-0.15, -0.1) is 0 Å². The molecule has 2 aromatic heterocycles. The number of aromatic nitrogens is 3. The van der Waals surface area contributed by atoms with Gasteiger partial charge in [0.1, 0.15) is 0 Å². The lowest BCUT2D eigenvalue weighted by Gasteiger charge is -2.26. The van der Waals surface area contributed by atoms with Gasteiger partial charge in [-0.05, 0) is 37.8 Å². The van der Waals surface area contributed by atoms with Gasteiger partial charge in [0.2, 0.25) is 5.95 Å². The highest BCUT2D eigenvalue weighted by Gasteiger charge is 2.18. The van der Waals surface area contributed by atoms with Crippen LogP contribution in [0.2, 0.25) is 0 Å². The maximum absolute atomic E-state index is 5.91. The predicted octanol–water partition coefficient (Wildman–Crippen LogP) is 2.22. The maximum Gasteiger partial charge on any atom is 0.222 e. The van der Waals surface area contributed by atoms with E-state index in [0.717, 1.165) is 36.9 Å². The van der Waals surface area contributed by atoms with Gasteiger partial charge < -0.3 is 11.1 Å². The fourth-order valence-corrected chi connectivity index (χ4v) is 2.51. The molecule has 1 fully saturated rings. The van der Waals surface area contributed by atoms with Crippen LogP contribution in [0.1, 0.15) is 25.7 Å². The Balaban J connectivity index is 1.65. The molecule has 5 heteroatoms. The molecule has 0 atom stereocenters. The van der Waals surface area contributed by atoms with Crippen LogP contribution in [0, 0.1) is 0 Å². The Labute approximate surface area is 118 Å². The predicted molar refractivity (Wildman–Crippen MR) is 79.1 cm³/mol. The lowest BCUT2D eigenvalue weighted by Crippen LogP contribution is -2.33. The first-order chi connectivity index (χ1) is 9.81. The Morgan fingerprint density at radius 2 is 1.75 bits per heavy atom. The van der Waals surface area contributed by atoms with Crippen LogP contribution in [0.4, 0.5) is 5.95 Å². The van der Waals surface area contributed by atoms with Crippen LogP contribution < -0.4 is 11.1 Å². The molecule has 0 radical (unpaired) electrons. The average molecular weight is 269 g/mol. The molecule has 0 aromatic carbocycles. The fraction of sp³-hybridized carbons (Fsp3) is 0.400. The van der Waals surface area contributed by atoms with Crippen LogP contribution in [-0.4, -0.2) is 27.0 Å². The lowest BCUT2D eigenvalue weighted by molar-refractivity contribution is 0.410. The zero-order chi connectivity index (χ0) is 13.8. The number of nitrogens with one attached hydrogen (secondary N) is 1. The Kier molecular flexibility index (Phi) is 3.87. The summed E-state index contributed by atoms with van der Waals surface area (Å²) in [5, 5.41) is 3.38. The second-order valence-electron chi connectivity index (χ2n) is 5.27. The van der Waals surface area contributed by atoms with Crippen molar-refractivity contribution >= 4 is 5.95 Å². The summed E-state index contributed by atoms with van der Waals surface area (Å²) in [4.78, 5) is 13.0. The zero-order valence-electron chi connectivity index (χ0n) is 11.4. The highest BCUT2D eigenvalue weighted by atomic mass is 15.1. The van der Waals surface area contributed by atoms with E-state index in [1.54, 1.807) is 6.20 Å². The number of nitrogens with zero attached hydrogens (tertiary/aromatic N) is 3. The smallest absolute Gasteiger partial charge is 0.222 e. The minimum absolute atomic E-state index is 0.362. The molecular formula is C15H19N5. The van der Waals surface area contributed by atoms with Gasteiger partial charge >= 0.3 is 0 Å². The van der Waals surface area contributed by atoms with Crippen molar-refractivity contribution in [2.45, 2.75) is 37.8 Å². The third-order valence-corrected chi connectivity index (χ3v) is 3.72. The van der Waals surface area contributed by atoms with Crippen LogP contribution in [-0.2, 0) is 0 Å². The Morgan fingerprint density at radius 1 is 1.00 bits per heavy atom. The normalized spacial score (nSPS) is 22.4. The Bertz CT molecular complexity index is 532. The van der Waals surface area contributed by atoms with Gasteiger partial charge in [0.15, 0.2) is 0 Å². The molecule has 1 saturated carbocycles. The van der Waals surface area contributed by atoms with Crippen molar-refractivity contribution in [3.63, 3.8) is 0 Å². The molecule has 0 spiro atoms. The molecule has 0 unspecified atom stereocenters. The number of nitrogens with two attached hydrogens (primary N) is 1. The van der Waals surface area contributed by atoms with Gasteiger partial charge in [-0.1, -0.05) is 6.07 Å². The molecule has 1 aliphatic rings. The first-order valence-corrected chi connectivity index (χ1v) is 7.07. The second-order valence-corrected chi connectivity index (χ2v) is 5.27. The van der Waals surface area contributed by atoms with E-state index >= 15 is 0 Å². The van der Waals surface area contributed by atoms with E-state index in [1.807, 2.05) is 30.6 Å². The molecule has 1 aliphatic carbocycles. The van der Waals surface area contributed by atoms with Crippen molar-refractivity contribution in [1.82, 2.24) is 15.0 Å². The topological polar surface area (TPSA) is 76.7 Å². The molecule has 0 amide bonds. The standard InChI is InChI=1S/C15H19N5/c16-12-4-6-13(7-5-12)20-15-18-9-11(10-19-15)14-3-1-2-8-17-14/h1-3,8-10,12-13H,4-7,16H2,(H,18,19,20). The van der Waals surface area contributed by atoms with Gasteiger partial charge in [0.05, 0.1) is 5.69 Å². The third kappa shape index (κ3) is 3.11. The summed E-state index contributed by atoms with van der Waals surface area (Å²) < 4.78 is 0. The number of rotatable bonds is 3. The van der Waals surface area contributed by atoms with Gasteiger partial charge in [0.25, 0.3) is 0 Å². The van der Waals surface area contributed by atoms with Crippen molar-refractivity contribution < 1.29 is 0 Å². The number of pyridine rings is 1. The summed E-state index contributed by atoms with van der Waals surface area (Å²) >= 11 is 0. The largest absolute Gasteiger partial charge is 0.351 e. The van der Waals surface area contributed by atoms with Gasteiger partial charge in [-0.2, -0.15) is 0 Å². The summed E-state index contributed by atoms with van der Waals surface area (Å²) in [7, 11) is 0. The molecule has 0 bridgehead atoms. The summed E-state index contributed by atoms with van der Waals surface area (Å²) in [5.74, 6) is 0.685. The van der Waals surface area contributed by atoms with Crippen molar-refractivity contribution in [3.05, 3.63) is 36.8 Å². The Hall–Kier alpha value is -2.01. The van der Waals surface area contributed by atoms with Crippen LogP contribution in [0.15, 0.2) is 36.8 Å². The van der Waals surface area contributed by atoms with E-state index < -0.39 is 0 Å². The zero-order valence-corrected chi connectivity index (χ0v) is 11.4. The monoisotopic (exact) mass is 269 g/mol. The van der Waals surface area contributed by atoms with Crippen molar-refractivity contribution in [3.8, 4) is 11.3 Å². The summed E-state index contributed by atoms with van der Waals surface area (Å²) in [6.07, 6.45) is 9.72. The minimum atomic E-state index is 0.362. The van der Waals surface area contributed by atoms with Gasteiger partial charge in [-0.25, -0.2) is 9.97 Å². The highest BCUT2D eigenvalue weighted by Crippen LogP contribution is 2.20. The van der Waals surface area contributed by atoms with E-state index in [1.165, 1.54) is 0 Å². The van der Waals surface area contributed by atoms with E-state index in [-0.39, 0.29) is 0 Å². The van der Waals surface area contributed by atoms with Crippen LogP contribution >= 0.6 is 0 Å². The molecule has 0 aliphatic heterocycles. The number of hydrogen-bond donors (Lipinski definition) is 2. The van der Waals surface area contributed by atoms with Crippen LogP contribution in [0.3, 0.4) is 0 Å². The second kappa shape index (κ2) is 5.96. The maximum atomic E-state index is 5.91. The van der Waals surface area contributed by atoms with E-state index in [9.17, 15) is 0 Å². The van der Waals surface area contributed by atoms with Crippen molar-refractivity contribution in [2.75, 3.05) is 5.32 Å². The molecule has 2 aromatic rings. The average Bonchev–Trinajstić information content (AvgIpc) is 2.51. The van der Waals surface area contributed by atoms with Crippen molar-refractivity contribution in [2.24, 2.45) is 5.73 Å². The summed E-state index contributed by atoms with van der Waals surface area (Å²) in [5.41, 5.74) is 7.73. The van der Waals surface area contributed by atoms with Gasteiger partial charge in [0, 0.05) is 36.2 Å². The van der Waals surface area contributed by atoms with E-state index in [0.29, 0.717) is 18.0 Å². The number of hydrogen-bond acceptors (Lipinski definition) is 5. The first-order valence-electron chi connectivity index (χ1n) is 7.07. The first kappa shape index (κ1) is 13.0. The van der Waals surface area contributed by atoms with E-state index in [4.69, 9.17) is 5.73 Å². The molecule has 3 N–H and O–H groups in total. The Morgan fingerprint density at radius 3 is 2.40 bits per heavy atom. The van der Waals surface area contributed by atoms with Crippen molar-refractivity contribution in [1.29, 1.82) is 0 Å². The molecule has 5 nitrogen and oxygen atoms in total. The fourth-order valence-electron chi connectivity index (χ4n) is 2.51. The van der Waals surface area contributed by atoms with Crippen LogP contribution in [0.25, 0.3) is 11.3 Å². The minimum Gasteiger partial charge on any atom is -0.351 e. The summed E-state index contributed by atoms with van der Waals surface area (Å²) in [6.45, 7) is 0. The molecule has 2 heterocycles. The highest BCUT2D eigenvalue weighted by molar-refractivity contribution is 5.56. The van der Waals surface area contributed by atoms with Crippen LogP contribution in [0.5, 0.6) is 0 Å². The number of anilines is 1. The lowest BCUT2D eigenvalue weighted by atomic mass is 9.92. The van der Waals surface area contributed by atoms with Gasteiger partial charge in [-0.3, -0.25) is 4.98 Å². The quantitative estimate of drug-likeness (QED) is 0.893. The molecule has 20 heavy (non-hydrogen) atoms. The summed E-state index contributed by atoms with van der Waals surface area (Å²) in [6, 6.07) is 6.61. The molecular weight excluding hydrogens is 250 g/mol. The molecule has 3 rings (SSSR count). The molecule has 104 valence electrons. The third-order valence-electron chi connectivity index (χ3n) is 3.72. The molecule has 0 saturated heterocycles. The van der Waals surface area contributed by atoms with E-state index in [2.05, 4.69) is 20.3 Å².